The fraction of sp³-hybridized carbons (Fsp3) is 0.636. The Labute approximate surface area is 168 Å². The van der Waals surface area contributed by atoms with Crippen LogP contribution >= 0.6 is 0 Å². The van der Waals surface area contributed by atoms with E-state index in [1.807, 2.05) is 55.7 Å². The number of methoxy groups -OCH3 is 1. The average molecular weight is 391 g/mol. The summed E-state index contributed by atoms with van der Waals surface area (Å²) in [6.07, 6.45) is 1.93. The number of carbonyl (C=O) groups is 2. The fourth-order valence-corrected chi connectivity index (χ4v) is 3.40. The zero-order valence-corrected chi connectivity index (χ0v) is 17.9. The first-order valence-electron chi connectivity index (χ1n) is 10.1. The number of carbonyl (C=O) groups excluding carboxylic acids is 2. The van der Waals surface area contributed by atoms with Crippen molar-refractivity contribution in [3.63, 3.8) is 0 Å². The van der Waals surface area contributed by atoms with Crippen molar-refractivity contribution in [3.8, 4) is 11.5 Å². The second kappa shape index (κ2) is 9.80. The molecule has 156 valence electrons. The highest BCUT2D eigenvalue weighted by atomic mass is 16.5. The van der Waals surface area contributed by atoms with E-state index in [0.29, 0.717) is 44.8 Å². The molecule has 1 aliphatic rings. The van der Waals surface area contributed by atoms with Gasteiger partial charge in [0.25, 0.3) is 0 Å². The van der Waals surface area contributed by atoms with E-state index in [1.54, 1.807) is 7.11 Å². The summed E-state index contributed by atoms with van der Waals surface area (Å²) in [5.74, 6) is 1.70. The second-order valence-electron chi connectivity index (χ2n) is 8.19. The molecule has 6 heteroatoms. The quantitative estimate of drug-likeness (QED) is 0.749. The fourth-order valence-electron chi connectivity index (χ4n) is 3.40. The van der Waals surface area contributed by atoms with Gasteiger partial charge in [0.2, 0.25) is 11.8 Å². The Morgan fingerprint density at radius 1 is 1.04 bits per heavy atom. The Morgan fingerprint density at radius 3 is 2.36 bits per heavy atom. The molecule has 0 atom stereocenters. The largest absolute Gasteiger partial charge is 0.493 e. The van der Waals surface area contributed by atoms with Gasteiger partial charge in [0.05, 0.1) is 13.7 Å². The zero-order valence-electron chi connectivity index (χ0n) is 17.9. The van der Waals surface area contributed by atoms with Crippen LogP contribution < -0.4 is 9.47 Å². The molecule has 1 heterocycles. The molecule has 6 nitrogen and oxygen atoms in total. The summed E-state index contributed by atoms with van der Waals surface area (Å²) < 4.78 is 10.9. The SMILES string of the molecule is CCOc1ccc(CCC(=O)N2CCCN(C(=O)C(C)(C)C)CC2)cc1OC. The van der Waals surface area contributed by atoms with Crippen LogP contribution in [-0.2, 0) is 16.0 Å². The van der Waals surface area contributed by atoms with Crippen molar-refractivity contribution in [2.45, 2.75) is 47.0 Å². The van der Waals surface area contributed by atoms with Crippen LogP contribution in [0.15, 0.2) is 18.2 Å². The molecule has 2 rings (SSSR count). The summed E-state index contributed by atoms with van der Waals surface area (Å²) in [5, 5.41) is 0. The molecule has 0 unspecified atom stereocenters. The third-order valence-corrected chi connectivity index (χ3v) is 4.93. The third-order valence-electron chi connectivity index (χ3n) is 4.93. The molecule has 1 aromatic rings. The van der Waals surface area contributed by atoms with E-state index < -0.39 is 0 Å². The van der Waals surface area contributed by atoms with Crippen molar-refractivity contribution in [1.29, 1.82) is 0 Å². The first-order chi connectivity index (χ1) is 13.3. The molecule has 1 saturated heterocycles. The van der Waals surface area contributed by atoms with Crippen LogP contribution in [0.2, 0.25) is 0 Å². The lowest BCUT2D eigenvalue weighted by atomic mass is 9.94. The van der Waals surface area contributed by atoms with Gasteiger partial charge >= 0.3 is 0 Å². The molecule has 0 N–H and O–H groups in total. The normalized spacial score (nSPS) is 15.2. The van der Waals surface area contributed by atoms with Crippen molar-refractivity contribution in [2.75, 3.05) is 39.9 Å². The Morgan fingerprint density at radius 2 is 1.71 bits per heavy atom. The second-order valence-corrected chi connectivity index (χ2v) is 8.19. The van der Waals surface area contributed by atoms with Gasteiger partial charge in [-0.3, -0.25) is 9.59 Å². The smallest absolute Gasteiger partial charge is 0.228 e. The molecular weight excluding hydrogens is 356 g/mol. The number of nitrogens with zero attached hydrogens (tertiary/aromatic N) is 2. The van der Waals surface area contributed by atoms with Gasteiger partial charge in [0.15, 0.2) is 11.5 Å². The van der Waals surface area contributed by atoms with Crippen molar-refractivity contribution >= 4 is 11.8 Å². The molecule has 0 aliphatic carbocycles. The number of aryl methyl sites for hydroxylation is 1. The maximum Gasteiger partial charge on any atom is 0.228 e. The number of hydrogen-bond acceptors (Lipinski definition) is 4. The van der Waals surface area contributed by atoms with Crippen LogP contribution in [0, 0.1) is 5.41 Å². The van der Waals surface area contributed by atoms with Crippen molar-refractivity contribution in [2.24, 2.45) is 5.41 Å². The molecular formula is C22H34N2O4. The number of ether oxygens (including phenoxy) is 2. The highest BCUT2D eigenvalue weighted by molar-refractivity contribution is 5.82. The minimum absolute atomic E-state index is 0.137. The predicted molar refractivity (Wildman–Crippen MR) is 110 cm³/mol. The van der Waals surface area contributed by atoms with E-state index in [2.05, 4.69) is 0 Å². The Balaban J connectivity index is 1.90. The summed E-state index contributed by atoms with van der Waals surface area (Å²) in [7, 11) is 1.62. The molecule has 0 spiro atoms. The van der Waals surface area contributed by atoms with Crippen LogP contribution in [0.4, 0.5) is 0 Å². The molecule has 1 fully saturated rings. The van der Waals surface area contributed by atoms with E-state index >= 15 is 0 Å². The topological polar surface area (TPSA) is 59.1 Å². The highest BCUT2D eigenvalue weighted by Gasteiger charge is 2.29. The number of benzene rings is 1. The lowest BCUT2D eigenvalue weighted by Gasteiger charge is -2.28. The van der Waals surface area contributed by atoms with Gasteiger partial charge in [-0.05, 0) is 37.5 Å². The Hall–Kier alpha value is -2.24. The van der Waals surface area contributed by atoms with Gasteiger partial charge in [0.1, 0.15) is 0 Å². The van der Waals surface area contributed by atoms with Crippen LogP contribution in [-0.4, -0.2) is 61.5 Å². The van der Waals surface area contributed by atoms with Gasteiger partial charge in [-0.1, -0.05) is 26.8 Å². The summed E-state index contributed by atoms with van der Waals surface area (Å²) in [6.45, 7) is 11.0. The van der Waals surface area contributed by atoms with Gasteiger partial charge in [-0.2, -0.15) is 0 Å². The first-order valence-corrected chi connectivity index (χ1v) is 10.1. The van der Waals surface area contributed by atoms with Crippen LogP contribution in [0.5, 0.6) is 11.5 Å². The molecule has 0 aromatic heterocycles. The van der Waals surface area contributed by atoms with Gasteiger partial charge in [0, 0.05) is 38.0 Å². The minimum atomic E-state index is -0.383. The maximum atomic E-state index is 12.7. The Kier molecular flexibility index (Phi) is 7.72. The standard InChI is InChI=1S/C22H34N2O4/c1-6-28-18-10-8-17(16-19(18)27-5)9-11-20(25)23-12-7-13-24(15-14-23)21(26)22(2,3)4/h8,10,16H,6-7,9,11-15H2,1-5H3. The Bertz CT molecular complexity index is 682. The summed E-state index contributed by atoms with van der Waals surface area (Å²) in [6, 6.07) is 5.81. The van der Waals surface area contributed by atoms with Crippen molar-refractivity contribution < 1.29 is 19.1 Å². The zero-order chi connectivity index (χ0) is 20.7. The number of rotatable bonds is 6. The molecule has 0 bridgehead atoms. The van der Waals surface area contributed by atoms with E-state index in [0.717, 1.165) is 24.3 Å². The van der Waals surface area contributed by atoms with E-state index in [4.69, 9.17) is 9.47 Å². The van der Waals surface area contributed by atoms with Crippen molar-refractivity contribution in [1.82, 2.24) is 9.80 Å². The van der Waals surface area contributed by atoms with Crippen molar-refractivity contribution in [3.05, 3.63) is 23.8 Å². The van der Waals surface area contributed by atoms with Crippen LogP contribution in [0.1, 0.15) is 46.1 Å². The number of hydrogen-bond donors (Lipinski definition) is 0. The summed E-state index contributed by atoms with van der Waals surface area (Å²) in [5.41, 5.74) is 0.666. The molecule has 2 amide bonds. The monoisotopic (exact) mass is 390 g/mol. The number of amides is 2. The maximum absolute atomic E-state index is 12.7. The van der Waals surface area contributed by atoms with Crippen LogP contribution in [0.3, 0.4) is 0 Å². The summed E-state index contributed by atoms with van der Waals surface area (Å²) in [4.78, 5) is 29.0. The van der Waals surface area contributed by atoms with Gasteiger partial charge < -0.3 is 19.3 Å². The van der Waals surface area contributed by atoms with E-state index in [-0.39, 0.29) is 17.2 Å². The molecule has 0 radical (unpaired) electrons. The lowest BCUT2D eigenvalue weighted by Crippen LogP contribution is -2.42. The molecule has 28 heavy (non-hydrogen) atoms. The molecule has 1 aliphatic heterocycles. The highest BCUT2D eigenvalue weighted by Crippen LogP contribution is 2.28. The predicted octanol–water partition coefficient (Wildman–Crippen LogP) is 3.13. The van der Waals surface area contributed by atoms with E-state index in [1.165, 1.54) is 0 Å². The first kappa shape index (κ1) is 22.1. The van der Waals surface area contributed by atoms with Crippen LogP contribution in [0.25, 0.3) is 0 Å². The average Bonchev–Trinajstić information content (AvgIpc) is 2.92. The molecule has 1 aromatic carbocycles. The van der Waals surface area contributed by atoms with Gasteiger partial charge in [-0.25, -0.2) is 0 Å². The third kappa shape index (κ3) is 5.88. The van der Waals surface area contributed by atoms with Gasteiger partial charge in [-0.15, -0.1) is 0 Å². The minimum Gasteiger partial charge on any atom is -0.493 e. The lowest BCUT2D eigenvalue weighted by molar-refractivity contribution is -0.139. The van der Waals surface area contributed by atoms with E-state index in [9.17, 15) is 9.59 Å². The molecule has 0 saturated carbocycles. The summed E-state index contributed by atoms with van der Waals surface area (Å²) >= 11 is 0.